The van der Waals surface area contributed by atoms with Crippen molar-refractivity contribution in [3.05, 3.63) is 11.6 Å². The van der Waals surface area contributed by atoms with Gasteiger partial charge in [-0.2, -0.15) is 0 Å². The molecule has 2 nitrogen and oxygen atoms in total. The third-order valence-electron chi connectivity index (χ3n) is 2.40. The summed E-state index contributed by atoms with van der Waals surface area (Å²) in [5.74, 6) is 0. The van der Waals surface area contributed by atoms with Gasteiger partial charge in [-0.3, -0.25) is 0 Å². The molecule has 0 aromatic carbocycles. The standard InChI is InChI=1S/C10H19NO/c1-11-8-10(12)9-6-4-2-3-5-7-9/h6,10-12H,2-5,7-8H2,1H3. The van der Waals surface area contributed by atoms with Crippen molar-refractivity contribution in [1.82, 2.24) is 5.32 Å². The lowest BCUT2D eigenvalue weighted by molar-refractivity contribution is 0.205. The average Bonchev–Trinajstić information content (AvgIpc) is 2.32. The number of rotatable bonds is 3. The van der Waals surface area contributed by atoms with Crippen LogP contribution in [0.15, 0.2) is 11.6 Å². The van der Waals surface area contributed by atoms with Gasteiger partial charge in [0.05, 0.1) is 6.10 Å². The van der Waals surface area contributed by atoms with E-state index in [2.05, 4.69) is 11.4 Å². The smallest absolute Gasteiger partial charge is 0.0874 e. The highest BCUT2D eigenvalue weighted by Gasteiger charge is 2.10. The van der Waals surface area contributed by atoms with Gasteiger partial charge >= 0.3 is 0 Å². The van der Waals surface area contributed by atoms with Gasteiger partial charge < -0.3 is 10.4 Å². The van der Waals surface area contributed by atoms with Crippen LogP contribution in [-0.2, 0) is 0 Å². The lowest BCUT2D eigenvalue weighted by Gasteiger charge is -2.12. The Bertz CT molecular complexity index is 154. The van der Waals surface area contributed by atoms with Gasteiger partial charge in [0.15, 0.2) is 0 Å². The molecule has 0 aromatic heterocycles. The quantitative estimate of drug-likeness (QED) is 0.627. The fraction of sp³-hybridized carbons (Fsp3) is 0.800. The van der Waals surface area contributed by atoms with E-state index in [1.54, 1.807) is 0 Å². The van der Waals surface area contributed by atoms with Crippen molar-refractivity contribution < 1.29 is 5.11 Å². The minimum Gasteiger partial charge on any atom is -0.387 e. The Hall–Kier alpha value is -0.340. The highest BCUT2D eigenvalue weighted by atomic mass is 16.3. The van der Waals surface area contributed by atoms with Crippen LogP contribution in [0.5, 0.6) is 0 Å². The lowest BCUT2D eigenvalue weighted by atomic mass is 10.0. The topological polar surface area (TPSA) is 32.3 Å². The molecule has 0 saturated heterocycles. The summed E-state index contributed by atoms with van der Waals surface area (Å²) in [5.41, 5.74) is 1.24. The lowest BCUT2D eigenvalue weighted by Crippen LogP contribution is -2.25. The first-order valence-corrected chi connectivity index (χ1v) is 4.86. The predicted molar refractivity (Wildman–Crippen MR) is 51.1 cm³/mol. The number of hydrogen-bond donors (Lipinski definition) is 2. The van der Waals surface area contributed by atoms with Gasteiger partial charge in [0, 0.05) is 6.54 Å². The Morgan fingerprint density at radius 3 is 3.08 bits per heavy atom. The molecule has 0 bridgehead atoms. The summed E-state index contributed by atoms with van der Waals surface area (Å²) >= 11 is 0. The van der Waals surface area contributed by atoms with Crippen LogP contribution in [0.3, 0.4) is 0 Å². The molecule has 0 spiro atoms. The third-order valence-corrected chi connectivity index (χ3v) is 2.40. The summed E-state index contributed by atoms with van der Waals surface area (Å²) < 4.78 is 0. The fourth-order valence-corrected chi connectivity index (χ4v) is 1.67. The average molecular weight is 169 g/mol. The molecule has 0 radical (unpaired) electrons. The van der Waals surface area contributed by atoms with E-state index in [-0.39, 0.29) is 6.10 Å². The SMILES string of the molecule is CNCC(O)C1=CCCCCC1. The molecule has 70 valence electrons. The maximum atomic E-state index is 9.67. The summed E-state index contributed by atoms with van der Waals surface area (Å²) in [4.78, 5) is 0. The second kappa shape index (κ2) is 5.33. The second-order valence-electron chi connectivity index (χ2n) is 3.45. The number of aliphatic hydroxyl groups is 1. The Morgan fingerprint density at radius 1 is 1.50 bits per heavy atom. The molecule has 1 aliphatic carbocycles. The van der Waals surface area contributed by atoms with Crippen molar-refractivity contribution in [2.75, 3.05) is 13.6 Å². The molecule has 1 rings (SSSR count). The van der Waals surface area contributed by atoms with E-state index in [0.29, 0.717) is 6.54 Å². The number of allylic oxidation sites excluding steroid dienone is 1. The zero-order chi connectivity index (χ0) is 8.81. The zero-order valence-corrected chi connectivity index (χ0v) is 7.84. The van der Waals surface area contributed by atoms with Crippen LogP contribution in [0.2, 0.25) is 0 Å². The fourth-order valence-electron chi connectivity index (χ4n) is 1.67. The minimum atomic E-state index is -0.256. The first kappa shape index (κ1) is 9.75. The van der Waals surface area contributed by atoms with E-state index in [1.807, 2.05) is 7.05 Å². The molecule has 0 heterocycles. The van der Waals surface area contributed by atoms with E-state index in [0.717, 1.165) is 12.8 Å². The molecule has 2 N–H and O–H groups in total. The van der Waals surface area contributed by atoms with Crippen LogP contribution in [0.1, 0.15) is 32.1 Å². The van der Waals surface area contributed by atoms with Gasteiger partial charge in [-0.25, -0.2) is 0 Å². The van der Waals surface area contributed by atoms with E-state index in [4.69, 9.17) is 0 Å². The van der Waals surface area contributed by atoms with Crippen molar-refractivity contribution in [1.29, 1.82) is 0 Å². The summed E-state index contributed by atoms with van der Waals surface area (Å²) in [5, 5.41) is 12.7. The van der Waals surface area contributed by atoms with E-state index in [9.17, 15) is 5.11 Å². The van der Waals surface area contributed by atoms with Crippen LogP contribution in [0, 0.1) is 0 Å². The van der Waals surface area contributed by atoms with Crippen LogP contribution >= 0.6 is 0 Å². The zero-order valence-electron chi connectivity index (χ0n) is 7.84. The monoisotopic (exact) mass is 169 g/mol. The molecule has 1 aliphatic rings. The number of likely N-dealkylation sites (N-methyl/N-ethyl adjacent to an activating group) is 1. The van der Waals surface area contributed by atoms with Crippen LogP contribution in [-0.4, -0.2) is 24.8 Å². The Balaban J connectivity index is 2.41. The van der Waals surface area contributed by atoms with Crippen LogP contribution in [0.4, 0.5) is 0 Å². The molecule has 0 amide bonds. The van der Waals surface area contributed by atoms with Crippen molar-refractivity contribution in [2.24, 2.45) is 0 Å². The van der Waals surface area contributed by atoms with Gasteiger partial charge in [0.1, 0.15) is 0 Å². The van der Waals surface area contributed by atoms with E-state index >= 15 is 0 Å². The number of nitrogens with one attached hydrogen (secondary N) is 1. The van der Waals surface area contributed by atoms with Crippen molar-refractivity contribution in [3.8, 4) is 0 Å². The van der Waals surface area contributed by atoms with Gasteiger partial charge in [-0.05, 0) is 38.3 Å². The molecule has 0 aliphatic heterocycles. The molecule has 0 saturated carbocycles. The molecular formula is C10H19NO. The number of hydrogen-bond acceptors (Lipinski definition) is 2. The van der Waals surface area contributed by atoms with Crippen molar-refractivity contribution in [2.45, 2.75) is 38.2 Å². The Morgan fingerprint density at radius 2 is 2.33 bits per heavy atom. The van der Waals surface area contributed by atoms with Gasteiger partial charge in [0.2, 0.25) is 0 Å². The van der Waals surface area contributed by atoms with Crippen molar-refractivity contribution >= 4 is 0 Å². The molecule has 12 heavy (non-hydrogen) atoms. The van der Waals surface area contributed by atoms with E-state index < -0.39 is 0 Å². The predicted octanol–water partition coefficient (Wildman–Crippen LogP) is 1.46. The molecule has 1 unspecified atom stereocenters. The summed E-state index contributed by atoms with van der Waals surface area (Å²) in [6.07, 6.45) is 8.04. The maximum absolute atomic E-state index is 9.67. The molecular weight excluding hydrogens is 150 g/mol. The molecule has 2 heteroatoms. The summed E-state index contributed by atoms with van der Waals surface area (Å²) in [6.45, 7) is 0.686. The maximum Gasteiger partial charge on any atom is 0.0874 e. The molecule has 0 aromatic rings. The molecule has 1 atom stereocenters. The Labute approximate surface area is 74.7 Å². The highest BCUT2D eigenvalue weighted by molar-refractivity contribution is 5.09. The third kappa shape index (κ3) is 2.95. The highest BCUT2D eigenvalue weighted by Crippen LogP contribution is 2.19. The van der Waals surface area contributed by atoms with E-state index in [1.165, 1.54) is 24.8 Å². The largest absolute Gasteiger partial charge is 0.387 e. The van der Waals surface area contributed by atoms with Gasteiger partial charge in [-0.15, -0.1) is 0 Å². The van der Waals surface area contributed by atoms with Gasteiger partial charge in [-0.1, -0.05) is 12.5 Å². The first-order chi connectivity index (χ1) is 5.84. The second-order valence-corrected chi connectivity index (χ2v) is 3.45. The van der Waals surface area contributed by atoms with Crippen LogP contribution < -0.4 is 5.32 Å². The molecule has 0 fully saturated rings. The number of aliphatic hydroxyl groups excluding tert-OH is 1. The minimum absolute atomic E-state index is 0.256. The summed E-state index contributed by atoms with van der Waals surface area (Å²) in [7, 11) is 1.88. The summed E-state index contributed by atoms with van der Waals surface area (Å²) in [6, 6.07) is 0. The normalized spacial score (nSPS) is 21.3. The van der Waals surface area contributed by atoms with Crippen LogP contribution in [0.25, 0.3) is 0 Å². The first-order valence-electron chi connectivity index (χ1n) is 4.86. The Kier molecular flexibility index (Phi) is 4.33. The van der Waals surface area contributed by atoms with Gasteiger partial charge in [0.25, 0.3) is 0 Å². The van der Waals surface area contributed by atoms with Crippen molar-refractivity contribution in [3.63, 3.8) is 0 Å².